The lowest BCUT2D eigenvalue weighted by molar-refractivity contribution is -0.134. The smallest absolute Gasteiger partial charge is 0.227 e. The number of benzene rings is 1. The fourth-order valence-corrected chi connectivity index (χ4v) is 3.30. The van der Waals surface area contributed by atoms with Gasteiger partial charge >= 0.3 is 0 Å². The maximum Gasteiger partial charge on any atom is 0.227 e. The summed E-state index contributed by atoms with van der Waals surface area (Å²) in [5, 5.41) is 6.23. The molecule has 0 aliphatic carbocycles. The SMILES string of the molecule is CC1CNCCN1C(=O)CCC1Cc2ccccc2NC1=O. The van der Waals surface area contributed by atoms with Crippen LogP contribution in [-0.2, 0) is 16.0 Å². The molecule has 1 saturated heterocycles. The molecule has 118 valence electrons. The van der Waals surface area contributed by atoms with Crippen LogP contribution in [0.3, 0.4) is 0 Å². The van der Waals surface area contributed by atoms with Crippen molar-refractivity contribution in [2.45, 2.75) is 32.2 Å². The minimum Gasteiger partial charge on any atom is -0.337 e. The number of fused-ring (bicyclic) bond motifs is 1. The zero-order valence-electron chi connectivity index (χ0n) is 13.0. The van der Waals surface area contributed by atoms with Crippen LogP contribution < -0.4 is 10.6 Å². The lowest BCUT2D eigenvalue weighted by Gasteiger charge is -2.34. The van der Waals surface area contributed by atoms with Crippen LogP contribution >= 0.6 is 0 Å². The molecule has 5 nitrogen and oxygen atoms in total. The number of hydrogen-bond donors (Lipinski definition) is 2. The van der Waals surface area contributed by atoms with Gasteiger partial charge in [0, 0.05) is 43.7 Å². The van der Waals surface area contributed by atoms with Crippen LogP contribution in [-0.4, -0.2) is 42.4 Å². The van der Waals surface area contributed by atoms with Gasteiger partial charge in [0.15, 0.2) is 0 Å². The van der Waals surface area contributed by atoms with Gasteiger partial charge in [-0.1, -0.05) is 18.2 Å². The van der Waals surface area contributed by atoms with Gasteiger partial charge in [0.05, 0.1) is 0 Å². The van der Waals surface area contributed by atoms with Crippen LogP contribution in [0.2, 0.25) is 0 Å². The van der Waals surface area contributed by atoms with E-state index in [9.17, 15) is 9.59 Å². The van der Waals surface area contributed by atoms with Gasteiger partial charge < -0.3 is 15.5 Å². The molecule has 2 aliphatic rings. The summed E-state index contributed by atoms with van der Waals surface area (Å²) >= 11 is 0. The van der Waals surface area contributed by atoms with Crippen molar-refractivity contribution in [1.29, 1.82) is 0 Å². The number of nitrogens with zero attached hydrogens (tertiary/aromatic N) is 1. The van der Waals surface area contributed by atoms with Gasteiger partial charge in [0.2, 0.25) is 11.8 Å². The molecule has 1 fully saturated rings. The molecule has 5 heteroatoms. The third-order valence-corrected chi connectivity index (χ3v) is 4.64. The van der Waals surface area contributed by atoms with Gasteiger partial charge in [-0.2, -0.15) is 0 Å². The number of rotatable bonds is 3. The second-order valence-corrected chi connectivity index (χ2v) is 6.23. The Labute approximate surface area is 131 Å². The Bertz CT molecular complexity index is 573. The zero-order chi connectivity index (χ0) is 15.5. The lowest BCUT2D eigenvalue weighted by atomic mass is 9.89. The van der Waals surface area contributed by atoms with Crippen LogP contribution in [0.5, 0.6) is 0 Å². The van der Waals surface area contributed by atoms with E-state index in [-0.39, 0.29) is 23.8 Å². The fraction of sp³-hybridized carbons (Fsp3) is 0.529. The van der Waals surface area contributed by atoms with E-state index in [1.54, 1.807) is 0 Å². The first-order valence-electron chi connectivity index (χ1n) is 8.04. The summed E-state index contributed by atoms with van der Waals surface area (Å²) < 4.78 is 0. The molecule has 2 unspecified atom stereocenters. The Hall–Kier alpha value is -1.88. The number of anilines is 1. The van der Waals surface area contributed by atoms with Gasteiger partial charge in [-0.15, -0.1) is 0 Å². The van der Waals surface area contributed by atoms with E-state index in [0.717, 1.165) is 37.3 Å². The van der Waals surface area contributed by atoms with Crippen molar-refractivity contribution < 1.29 is 9.59 Å². The first-order chi connectivity index (χ1) is 10.6. The standard InChI is InChI=1S/C17H23N3O2/c1-12-11-18-8-9-20(12)16(21)7-6-14-10-13-4-2-3-5-15(13)19-17(14)22/h2-5,12,14,18H,6-11H2,1H3,(H,19,22). The van der Waals surface area contributed by atoms with Crippen molar-refractivity contribution >= 4 is 17.5 Å². The van der Waals surface area contributed by atoms with E-state index < -0.39 is 0 Å². The number of piperazine rings is 1. The largest absolute Gasteiger partial charge is 0.337 e. The van der Waals surface area contributed by atoms with Gasteiger partial charge in [0.25, 0.3) is 0 Å². The molecule has 2 N–H and O–H groups in total. The molecule has 22 heavy (non-hydrogen) atoms. The highest BCUT2D eigenvalue weighted by molar-refractivity contribution is 5.96. The Morgan fingerprint density at radius 2 is 2.18 bits per heavy atom. The molecule has 0 bridgehead atoms. The first kappa shape index (κ1) is 15.0. The third kappa shape index (κ3) is 3.14. The molecule has 0 aromatic heterocycles. The lowest BCUT2D eigenvalue weighted by Crippen LogP contribution is -2.52. The Balaban J connectivity index is 1.57. The zero-order valence-corrected chi connectivity index (χ0v) is 13.0. The van der Waals surface area contributed by atoms with Crippen LogP contribution in [0.4, 0.5) is 5.69 Å². The van der Waals surface area contributed by atoms with Crippen LogP contribution in [0.15, 0.2) is 24.3 Å². The van der Waals surface area contributed by atoms with Crippen molar-refractivity contribution in [2.75, 3.05) is 25.0 Å². The van der Waals surface area contributed by atoms with Gasteiger partial charge in [-0.3, -0.25) is 9.59 Å². The maximum absolute atomic E-state index is 12.4. The monoisotopic (exact) mass is 301 g/mol. The van der Waals surface area contributed by atoms with Crippen molar-refractivity contribution in [3.05, 3.63) is 29.8 Å². The minimum absolute atomic E-state index is 0.0415. The molecule has 3 rings (SSSR count). The quantitative estimate of drug-likeness (QED) is 0.887. The highest BCUT2D eigenvalue weighted by Crippen LogP contribution is 2.27. The van der Waals surface area contributed by atoms with Crippen LogP contribution in [0, 0.1) is 5.92 Å². The molecule has 1 aromatic rings. The summed E-state index contributed by atoms with van der Waals surface area (Å²) in [7, 11) is 0. The number of amides is 2. The normalized spacial score (nSPS) is 24.6. The topological polar surface area (TPSA) is 61.4 Å². The molecule has 1 aromatic carbocycles. The average molecular weight is 301 g/mol. The molecule has 0 radical (unpaired) electrons. The van der Waals surface area contributed by atoms with Crippen molar-refractivity contribution in [3.63, 3.8) is 0 Å². The van der Waals surface area contributed by atoms with Gasteiger partial charge in [-0.25, -0.2) is 0 Å². The number of para-hydroxylation sites is 1. The number of nitrogens with one attached hydrogen (secondary N) is 2. The van der Waals surface area contributed by atoms with E-state index in [0.29, 0.717) is 12.8 Å². The highest BCUT2D eigenvalue weighted by Gasteiger charge is 2.28. The average Bonchev–Trinajstić information content (AvgIpc) is 2.53. The first-order valence-corrected chi connectivity index (χ1v) is 8.04. The fourth-order valence-electron chi connectivity index (χ4n) is 3.30. The Morgan fingerprint density at radius 3 is 3.00 bits per heavy atom. The molecule has 0 saturated carbocycles. The molecular formula is C17H23N3O2. The maximum atomic E-state index is 12.4. The van der Waals surface area contributed by atoms with E-state index >= 15 is 0 Å². The summed E-state index contributed by atoms with van der Waals surface area (Å²) in [6, 6.07) is 8.12. The van der Waals surface area contributed by atoms with Gasteiger partial charge in [-0.05, 0) is 31.4 Å². The third-order valence-electron chi connectivity index (χ3n) is 4.64. The number of carbonyl (C=O) groups excluding carboxylic acids is 2. The van der Waals surface area contributed by atoms with E-state index in [1.165, 1.54) is 0 Å². The van der Waals surface area contributed by atoms with Crippen molar-refractivity contribution in [2.24, 2.45) is 5.92 Å². The second kappa shape index (κ2) is 6.48. The molecule has 0 spiro atoms. The summed E-state index contributed by atoms with van der Waals surface area (Å²) in [6.07, 6.45) is 1.80. The Kier molecular flexibility index (Phi) is 4.43. The van der Waals surface area contributed by atoms with E-state index in [4.69, 9.17) is 0 Å². The van der Waals surface area contributed by atoms with Crippen molar-refractivity contribution in [1.82, 2.24) is 10.2 Å². The summed E-state index contributed by atoms with van der Waals surface area (Å²) in [5.41, 5.74) is 2.07. The van der Waals surface area contributed by atoms with Gasteiger partial charge in [0.1, 0.15) is 0 Å². The highest BCUT2D eigenvalue weighted by atomic mass is 16.2. The Morgan fingerprint density at radius 1 is 1.36 bits per heavy atom. The van der Waals surface area contributed by atoms with E-state index in [1.807, 2.05) is 29.2 Å². The predicted octanol–water partition coefficient (Wildman–Crippen LogP) is 1.40. The molecule has 2 aliphatic heterocycles. The minimum atomic E-state index is -0.0999. The van der Waals surface area contributed by atoms with Crippen molar-refractivity contribution in [3.8, 4) is 0 Å². The molecule has 2 amide bonds. The summed E-state index contributed by atoms with van der Waals surface area (Å²) in [6.45, 7) is 4.53. The predicted molar refractivity (Wildman–Crippen MR) is 85.5 cm³/mol. The summed E-state index contributed by atoms with van der Waals surface area (Å²) in [5.74, 6) is 0.109. The number of hydrogen-bond acceptors (Lipinski definition) is 3. The molecule has 2 atom stereocenters. The van der Waals surface area contributed by atoms with E-state index in [2.05, 4.69) is 17.6 Å². The van der Waals surface area contributed by atoms with Crippen LogP contribution in [0.1, 0.15) is 25.3 Å². The molecular weight excluding hydrogens is 278 g/mol. The van der Waals surface area contributed by atoms with Crippen LogP contribution in [0.25, 0.3) is 0 Å². The number of carbonyl (C=O) groups is 2. The summed E-state index contributed by atoms with van der Waals surface area (Å²) in [4.78, 5) is 26.5. The second-order valence-electron chi connectivity index (χ2n) is 6.23. The molecule has 2 heterocycles.